The summed E-state index contributed by atoms with van der Waals surface area (Å²) in [6, 6.07) is 0.915. The Bertz CT molecular complexity index is 331. The Balaban J connectivity index is 1.57. The van der Waals surface area contributed by atoms with E-state index >= 15 is 0 Å². The third-order valence-corrected chi connectivity index (χ3v) is 5.34. The van der Waals surface area contributed by atoms with Gasteiger partial charge in [-0.25, -0.2) is 4.79 Å². The smallest absolute Gasteiger partial charge is 0.317 e. The van der Waals surface area contributed by atoms with Crippen LogP contribution >= 0.6 is 0 Å². The minimum atomic E-state index is 0.130. The molecule has 0 spiro atoms. The predicted octanol–water partition coefficient (Wildman–Crippen LogP) is 1.91. The van der Waals surface area contributed by atoms with Crippen molar-refractivity contribution in [3.63, 3.8) is 0 Å². The van der Waals surface area contributed by atoms with Crippen molar-refractivity contribution in [1.29, 1.82) is 0 Å². The summed E-state index contributed by atoms with van der Waals surface area (Å²) >= 11 is 0. The van der Waals surface area contributed by atoms with Gasteiger partial charge in [0.25, 0.3) is 0 Å². The first kappa shape index (κ1) is 13.2. The fourth-order valence-electron chi connectivity index (χ4n) is 4.42. The highest BCUT2D eigenvalue weighted by Crippen LogP contribution is 2.38. The first-order valence-electron chi connectivity index (χ1n) is 8.02. The van der Waals surface area contributed by atoms with Crippen LogP contribution in [0.2, 0.25) is 0 Å². The van der Waals surface area contributed by atoms with E-state index in [0.717, 1.165) is 44.1 Å². The van der Waals surface area contributed by atoms with Gasteiger partial charge in [0.15, 0.2) is 0 Å². The summed E-state index contributed by atoms with van der Waals surface area (Å²) in [5.74, 6) is 1.76. The highest BCUT2D eigenvalue weighted by Gasteiger charge is 2.37. The van der Waals surface area contributed by atoms with Crippen molar-refractivity contribution in [3.05, 3.63) is 0 Å². The Hall–Kier alpha value is -0.770. The van der Waals surface area contributed by atoms with Crippen molar-refractivity contribution in [3.8, 4) is 0 Å². The normalized spacial score (nSPS) is 36.2. The highest BCUT2D eigenvalue weighted by molar-refractivity contribution is 5.76. The summed E-state index contributed by atoms with van der Waals surface area (Å²) in [5, 5.41) is 2.89. The van der Waals surface area contributed by atoms with E-state index in [1.165, 1.54) is 38.6 Å². The first-order chi connectivity index (χ1) is 9.25. The molecule has 4 nitrogen and oxygen atoms in total. The maximum atomic E-state index is 11.6. The standard InChI is InChI=1S/C15H27N3O/c1-12-4-2-5-13-6-3-8-17(14(12)13)10-11-18-9-7-16-15(18)19/h12-14H,2-11H2,1H3,(H,16,19). The molecule has 2 amide bonds. The molecule has 0 aromatic heterocycles. The van der Waals surface area contributed by atoms with Crippen LogP contribution in [0.1, 0.15) is 39.0 Å². The second kappa shape index (κ2) is 5.70. The maximum Gasteiger partial charge on any atom is 0.317 e. The minimum absolute atomic E-state index is 0.130. The molecule has 108 valence electrons. The molecule has 1 aliphatic carbocycles. The number of nitrogens with zero attached hydrogens (tertiary/aromatic N) is 2. The van der Waals surface area contributed by atoms with E-state index in [4.69, 9.17) is 0 Å². The van der Waals surface area contributed by atoms with Crippen LogP contribution in [0.25, 0.3) is 0 Å². The molecule has 0 bridgehead atoms. The molecule has 2 saturated heterocycles. The number of nitrogens with one attached hydrogen (secondary N) is 1. The van der Waals surface area contributed by atoms with Crippen molar-refractivity contribution < 1.29 is 4.79 Å². The van der Waals surface area contributed by atoms with Gasteiger partial charge in [0.1, 0.15) is 0 Å². The molecule has 1 N–H and O–H groups in total. The van der Waals surface area contributed by atoms with Crippen LogP contribution in [0, 0.1) is 11.8 Å². The monoisotopic (exact) mass is 265 g/mol. The van der Waals surface area contributed by atoms with E-state index in [1.807, 2.05) is 4.90 Å². The van der Waals surface area contributed by atoms with Gasteiger partial charge in [-0.05, 0) is 44.1 Å². The van der Waals surface area contributed by atoms with Gasteiger partial charge in [0.05, 0.1) is 0 Å². The Morgan fingerprint density at radius 2 is 2.00 bits per heavy atom. The topological polar surface area (TPSA) is 35.6 Å². The third kappa shape index (κ3) is 2.73. The lowest BCUT2D eigenvalue weighted by atomic mass is 9.73. The summed E-state index contributed by atoms with van der Waals surface area (Å²) in [5.41, 5.74) is 0. The van der Waals surface area contributed by atoms with E-state index < -0.39 is 0 Å². The summed E-state index contributed by atoms with van der Waals surface area (Å²) < 4.78 is 0. The zero-order chi connectivity index (χ0) is 13.2. The van der Waals surface area contributed by atoms with Crippen LogP contribution in [0.4, 0.5) is 4.79 Å². The second-order valence-electron chi connectivity index (χ2n) is 6.56. The van der Waals surface area contributed by atoms with Gasteiger partial charge >= 0.3 is 6.03 Å². The first-order valence-corrected chi connectivity index (χ1v) is 8.02. The number of carbonyl (C=O) groups is 1. The summed E-state index contributed by atoms with van der Waals surface area (Å²) in [7, 11) is 0. The van der Waals surface area contributed by atoms with Gasteiger partial charge in [0.2, 0.25) is 0 Å². The zero-order valence-corrected chi connectivity index (χ0v) is 12.1. The molecule has 0 radical (unpaired) electrons. The van der Waals surface area contributed by atoms with Crippen LogP contribution in [-0.2, 0) is 0 Å². The molecule has 2 heterocycles. The fourth-order valence-corrected chi connectivity index (χ4v) is 4.42. The molecular formula is C15H27N3O. The number of amides is 2. The number of hydrogen-bond donors (Lipinski definition) is 1. The number of carbonyl (C=O) groups excluding carboxylic acids is 1. The van der Waals surface area contributed by atoms with Crippen LogP contribution < -0.4 is 5.32 Å². The molecule has 3 unspecified atom stereocenters. The lowest BCUT2D eigenvalue weighted by Gasteiger charge is -2.47. The Morgan fingerprint density at radius 3 is 2.79 bits per heavy atom. The van der Waals surface area contributed by atoms with E-state index in [0.29, 0.717) is 0 Å². The number of hydrogen-bond acceptors (Lipinski definition) is 2. The number of rotatable bonds is 3. The van der Waals surface area contributed by atoms with Crippen molar-refractivity contribution >= 4 is 6.03 Å². The molecule has 2 aliphatic heterocycles. The van der Waals surface area contributed by atoms with Crippen LogP contribution in [0.15, 0.2) is 0 Å². The van der Waals surface area contributed by atoms with Gasteiger partial charge in [0, 0.05) is 32.2 Å². The molecule has 3 rings (SSSR count). The minimum Gasteiger partial charge on any atom is -0.336 e. The van der Waals surface area contributed by atoms with Gasteiger partial charge < -0.3 is 10.2 Å². The van der Waals surface area contributed by atoms with Crippen molar-refractivity contribution in [2.45, 2.75) is 45.1 Å². The molecule has 3 fully saturated rings. The number of likely N-dealkylation sites (tertiary alicyclic amines) is 1. The zero-order valence-electron chi connectivity index (χ0n) is 12.1. The average molecular weight is 265 g/mol. The Kier molecular flexibility index (Phi) is 3.96. The molecule has 1 saturated carbocycles. The van der Waals surface area contributed by atoms with E-state index in [-0.39, 0.29) is 6.03 Å². The number of piperidine rings is 1. The van der Waals surface area contributed by atoms with Crippen molar-refractivity contribution in [2.75, 3.05) is 32.7 Å². The van der Waals surface area contributed by atoms with Gasteiger partial charge in [-0.1, -0.05) is 13.3 Å². The molecule has 19 heavy (non-hydrogen) atoms. The second-order valence-corrected chi connectivity index (χ2v) is 6.56. The third-order valence-electron chi connectivity index (χ3n) is 5.34. The van der Waals surface area contributed by atoms with Crippen molar-refractivity contribution in [2.24, 2.45) is 11.8 Å². The molecule has 3 atom stereocenters. The van der Waals surface area contributed by atoms with Gasteiger partial charge in [-0.2, -0.15) is 0 Å². The largest absolute Gasteiger partial charge is 0.336 e. The summed E-state index contributed by atoms with van der Waals surface area (Å²) in [4.78, 5) is 16.2. The van der Waals surface area contributed by atoms with Crippen LogP contribution in [0.5, 0.6) is 0 Å². The van der Waals surface area contributed by atoms with E-state index in [1.54, 1.807) is 0 Å². The molecule has 3 aliphatic rings. The molecular weight excluding hydrogens is 238 g/mol. The van der Waals surface area contributed by atoms with E-state index in [2.05, 4.69) is 17.1 Å². The SMILES string of the molecule is CC1CCCC2CCCN(CCN3CCNC3=O)C12. The molecule has 0 aromatic carbocycles. The Morgan fingerprint density at radius 1 is 1.16 bits per heavy atom. The van der Waals surface area contributed by atoms with Gasteiger partial charge in [-0.15, -0.1) is 0 Å². The lowest BCUT2D eigenvalue weighted by molar-refractivity contribution is 0.0221. The quantitative estimate of drug-likeness (QED) is 0.846. The molecule has 0 aromatic rings. The maximum absolute atomic E-state index is 11.6. The Labute approximate surface area is 116 Å². The lowest BCUT2D eigenvalue weighted by Crippen LogP contribution is -2.52. The number of fused-ring (bicyclic) bond motifs is 1. The van der Waals surface area contributed by atoms with Crippen molar-refractivity contribution in [1.82, 2.24) is 15.1 Å². The summed E-state index contributed by atoms with van der Waals surface area (Å²) in [6.07, 6.45) is 7.01. The molecule has 4 heteroatoms. The van der Waals surface area contributed by atoms with Crippen LogP contribution in [-0.4, -0.2) is 54.6 Å². The average Bonchev–Trinajstić information content (AvgIpc) is 2.82. The van der Waals surface area contributed by atoms with E-state index in [9.17, 15) is 4.79 Å². The number of urea groups is 1. The fraction of sp³-hybridized carbons (Fsp3) is 0.933. The predicted molar refractivity (Wildman–Crippen MR) is 76.1 cm³/mol. The van der Waals surface area contributed by atoms with Crippen LogP contribution in [0.3, 0.4) is 0 Å². The highest BCUT2D eigenvalue weighted by atomic mass is 16.2. The summed E-state index contributed by atoms with van der Waals surface area (Å²) in [6.45, 7) is 7.34. The van der Waals surface area contributed by atoms with Gasteiger partial charge in [-0.3, -0.25) is 4.90 Å².